The molecule has 2 aromatic rings. The van der Waals surface area contributed by atoms with Gasteiger partial charge in [-0.25, -0.2) is 4.98 Å². The first-order valence-corrected chi connectivity index (χ1v) is 7.16. The summed E-state index contributed by atoms with van der Waals surface area (Å²) in [6.07, 6.45) is 7.16. The van der Waals surface area contributed by atoms with Gasteiger partial charge in [-0.3, -0.25) is 0 Å². The molecule has 2 N–H and O–H groups in total. The van der Waals surface area contributed by atoms with Gasteiger partial charge in [0.25, 0.3) is 0 Å². The monoisotopic (exact) mass is 293 g/mol. The summed E-state index contributed by atoms with van der Waals surface area (Å²) in [5, 5.41) is 0.717. The Morgan fingerprint density at radius 2 is 2.30 bits per heavy atom. The lowest BCUT2D eigenvalue weighted by molar-refractivity contribution is 0.298. The van der Waals surface area contributed by atoms with Crippen LogP contribution in [0.1, 0.15) is 18.9 Å². The van der Waals surface area contributed by atoms with Gasteiger partial charge in [0.15, 0.2) is 0 Å². The van der Waals surface area contributed by atoms with Crippen molar-refractivity contribution in [2.75, 3.05) is 6.61 Å². The standard InChI is InChI=1S/C15H20ClN3O/c1-12(17)10-13-14(16)4-2-5-15(13)20-9-3-7-19-8-6-18-11-19/h2,4-6,8,11-12H,3,7,9-10,17H2,1H3. The fourth-order valence-corrected chi connectivity index (χ4v) is 2.29. The average molecular weight is 294 g/mol. The molecule has 0 aliphatic rings. The summed E-state index contributed by atoms with van der Waals surface area (Å²) >= 11 is 6.22. The predicted octanol–water partition coefficient (Wildman–Crippen LogP) is 2.90. The van der Waals surface area contributed by atoms with Gasteiger partial charge in [-0.15, -0.1) is 0 Å². The van der Waals surface area contributed by atoms with Crippen molar-refractivity contribution in [3.8, 4) is 5.75 Å². The maximum Gasteiger partial charge on any atom is 0.124 e. The summed E-state index contributed by atoms with van der Waals surface area (Å²) in [4.78, 5) is 4.01. The highest BCUT2D eigenvalue weighted by molar-refractivity contribution is 6.31. The number of halogens is 1. The Kier molecular flexibility index (Phi) is 5.44. The van der Waals surface area contributed by atoms with Crippen molar-refractivity contribution in [2.45, 2.75) is 32.4 Å². The second kappa shape index (κ2) is 7.31. The third kappa shape index (κ3) is 4.25. The Morgan fingerprint density at radius 3 is 3.00 bits per heavy atom. The van der Waals surface area contributed by atoms with Crippen LogP contribution in [0.2, 0.25) is 5.02 Å². The van der Waals surface area contributed by atoms with Crippen LogP contribution in [0.3, 0.4) is 0 Å². The van der Waals surface area contributed by atoms with Gasteiger partial charge in [0, 0.05) is 35.6 Å². The molecule has 0 bridgehead atoms. The van der Waals surface area contributed by atoms with Crippen LogP contribution in [-0.2, 0) is 13.0 Å². The van der Waals surface area contributed by atoms with Crippen LogP contribution >= 0.6 is 11.6 Å². The number of aromatic nitrogens is 2. The number of imidazole rings is 1. The van der Waals surface area contributed by atoms with Crippen molar-refractivity contribution >= 4 is 11.6 Å². The number of rotatable bonds is 7. The molecule has 0 saturated heterocycles. The molecule has 20 heavy (non-hydrogen) atoms. The molecule has 0 spiro atoms. The Hall–Kier alpha value is -1.52. The Bertz CT molecular complexity index is 526. The highest BCUT2D eigenvalue weighted by atomic mass is 35.5. The van der Waals surface area contributed by atoms with Gasteiger partial charge in [-0.2, -0.15) is 0 Å². The van der Waals surface area contributed by atoms with E-state index in [-0.39, 0.29) is 6.04 Å². The number of hydrogen-bond acceptors (Lipinski definition) is 3. The maximum atomic E-state index is 6.22. The van der Waals surface area contributed by atoms with E-state index in [2.05, 4.69) is 4.98 Å². The molecule has 1 aromatic heterocycles. The molecule has 0 amide bonds. The molecule has 1 aromatic carbocycles. The Balaban J connectivity index is 1.90. The molecule has 1 unspecified atom stereocenters. The fourth-order valence-electron chi connectivity index (χ4n) is 2.04. The van der Waals surface area contributed by atoms with E-state index in [1.807, 2.05) is 35.9 Å². The van der Waals surface area contributed by atoms with Gasteiger partial charge in [0.2, 0.25) is 0 Å². The third-order valence-electron chi connectivity index (χ3n) is 2.98. The molecule has 4 nitrogen and oxygen atoms in total. The van der Waals surface area contributed by atoms with E-state index < -0.39 is 0 Å². The van der Waals surface area contributed by atoms with Crippen LogP contribution in [0.5, 0.6) is 5.75 Å². The van der Waals surface area contributed by atoms with Crippen LogP contribution in [0.25, 0.3) is 0 Å². The Morgan fingerprint density at radius 1 is 1.45 bits per heavy atom. The van der Waals surface area contributed by atoms with Gasteiger partial charge in [0.05, 0.1) is 12.9 Å². The van der Waals surface area contributed by atoms with Crippen LogP contribution < -0.4 is 10.5 Å². The van der Waals surface area contributed by atoms with E-state index in [4.69, 9.17) is 22.1 Å². The van der Waals surface area contributed by atoms with Crippen LogP contribution in [0.4, 0.5) is 0 Å². The quantitative estimate of drug-likeness (QED) is 0.799. The molecule has 0 fully saturated rings. The predicted molar refractivity (Wildman–Crippen MR) is 81.1 cm³/mol. The molecule has 1 atom stereocenters. The maximum absolute atomic E-state index is 6.22. The van der Waals surface area contributed by atoms with E-state index in [1.165, 1.54) is 0 Å². The van der Waals surface area contributed by atoms with E-state index in [0.29, 0.717) is 6.61 Å². The topological polar surface area (TPSA) is 53.1 Å². The summed E-state index contributed by atoms with van der Waals surface area (Å²) in [5.41, 5.74) is 6.85. The minimum absolute atomic E-state index is 0.0585. The van der Waals surface area contributed by atoms with Gasteiger partial charge in [0.1, 0.15) is 5.75 Å². The first-order chi connectivity index (χ1) is 9.66. The van der Waals surface area contributed by atoms with Crippen LogP contribution in [0.15, 0.2) is 36.9 Å². The van der Waals surface area contributed by atoms with E-state index in [0.717, 1.165) is 35.7 Å². The van der Waals surface area contributed by atoms with Crippen molar-refractivity contribution in [1.29, 1.82) is 0 Å². The summed E-state index contributed by atoms with van der Waals surface area (Å²) in [7, 11) is 0. The van der Waals surface area contributed by atoms with Gasteiger partial charge in [-0.05, 0) is 31.9 Å². The smallest absolute Gasteiger partial charge is 0.124 e. The molecular formula is C15H20ClN3O. The van der Waals surface area contributed by atoms with Gasteiger partial charge < -0.3 is 15.0 Å². The van der Waals surface area contributed by atoms with Crippen LogP contribution in [0, 0.1) is 0 Å². The largest absolute Gasteiger partial charge is 0.493 e. The molecule has 0 aliphatic heterocycles. The second-order valence-corrected chi connectivity index (χ2v) is 5.31. The molecular weight excluding hydrogens is 274 g/mol. The van der Waals surface area contributed by atoms with Gasteiger partial charge in [-0.1, -0.05) is 17.7 Å². The summed E-state index contributed by atoms with van der Waals surface area (Å²) < 4.78 is 7.88. The Labute approximate surface area is 124 Å². The SMILES string of the molecule is CC(N)Cc1c(Cl)cccc1OCCCn1ccnc1. The molecule has 5 heteroatoms. The number of benzene rings is 1. The first kappa shape index (κ1) is 14.9. The lowest BCUT2D eigenvalue weighted by atomic mass is 10.1. The van der Waals surface area contributed by atoms with Crippen LogP contribution in [-0.4, -0.2) is 22.2 Å². The molecule has 0 radical (unpaired) electrons. The first-order valence-electron chi connectivity index (χ1n) is 6.78. The number of nitrogens with two attached hydrogens (primary N) is 1. The van der Waals surface area contributed by atoms with Gasteiger partial charge >= 0.3 is 0 Å². The van der Waals surface area contributed by atoms with E-state index in [9.17, 15) is 0 Å². The number of hydrogen-bond donors (Lipinski definition) is 1. The lowest BCUT2D eigenvalue weighted by Crippen LogP contribution is -2.18. The van der Waals surface area contributed by atoms with Crippen molar-refractivity contribution < 1.29 is 4.74 Å². The molecule has 0 aliphatic carbocycles. The highest BCUT2D eigenvalue weighted by Crippen LogP contribution is 2.27. The number of ether oxygens (including phenoxy) is 1. The normalized spacial score (nSPS) is 12.3. The summed E-state index contributed by atoms with van der Waals surface area (Å²) in [6.45, 7) is 3.50. The molecule has 1 heterocycles. The third-order valence-corrected chi connectivity index (χ3v) is 3.33. The summed E-state index contributed by atoms with van der Waals surface area (Å²) in [6, 6.07) is 5.78. The molecule has 2 rings (SSSR count). The molecule has 108 valence electrons. The number of aryl methyl sites for hydroxylation is 1. The van der Waals surface area contributed by atoms with E-state index >= 15 is 0 Å². The fraction of sp³-hybridized carbons (Fsp3) is 0.400. The minimum Gasteiger partial charge on any atom is -0.493 e. The van der Waals surface area contributed by atoms with E-state index in [1.54, 1.807) is 12.5 Å². The zero-order valence-corrected chi connectivity index (χ0v) is 12.4. The van der Waals surface area contributed by atoms with Crippen molar-refractivity contribution in [1.82, 2.24) is 9.55 Å². The zero-order valence-electron chi connectivity index (χ0n) is 11.6. The second-order valence-electron chi connectivity index (χ2n) is 4.90. The zero-order chi connectivity index (χ0) is 14.4. The van der Waals surface area contributed by atoms with Crippen molar-refractivity contribution in [3.05, 3.63) is 47.5 Å². The molecule has 0 saturated carbocycles. The van der Waals surface area contributed by atoms with Crippen molar-refractivity contribution in [3.63, 3.8) is 0 Å². The summed E-state index contributed by atoms with van der Waals surface area (Å²) in [5.74, 6) is 0.834. The number of nitrogens with zero attached hydrogens (tertiary/aromatic N) is 2. The highest BCUT2D eigenvalue weighted by Gasteiger charge is 2.10. The lowest BCUT2D eigenvalue weighted by Gasteiger charge is -2.14. The van der Waals surface area contributed by atoms with Crippen molar-refractivity contribution in [2.24, 2.45) is 5.73 Å². The average Bonchev–Trinajstić information content (AvgIpc) is 2.91. The minimum atomic E-state index is 0.0585.